The summed E-state index contributed by atoms with van der Waals surface area (Å²) >= 11 is 0. The zero-order valence-corrected chi connectivity index (χ0v) is 15.1. The van der Waals surface area contributed by atoms with E-state index in [4.69, 9.17) is 0 Å². The highest BCUT2D eigenvalue weighted by Gasteiger charge is 2.13. The second kappa shape index (κ2) is 6.06. The van der Waals surface area contributed by atoms with Crippen molar-refractivity contribution in [1.82, 2.24) is 19.5 Å². The molecule has 0 amide bonds. The maximum atomic E-state index is 12.8. The molecule has 5 rings (SSSR count). The molecule has 0 spiro atoms. The average molecular weight is 368 g/mol. The van der Waals surface area contributed by atoms with Gasteiger partial charge in [-0.05, 0) is 30.5 Å². The summed E-state index contributed by atoms with van der Waals surface area (Å²) in [6, 6.07) is 19.0. The summed E-state index contributed by atoms with van der Waals surface area (Å²) in [7, 11) is 0. The molecule has 0 fully saturated rings. The number of hydrogen-bond donors (Lipinski definition) is 2. The van der Waals surface area contributed by atoms with Gasteiger partial charge in [0.25, 0.3) is 0 Å². The van der Waals surface area contributed by atoms with Gasteiger partial charge in [-0.25, -0.2) is 4.98 Å². The van der Waals surface area contributed by atoms with Crippen LogP contribution in [0.2, 0.25) is 0 Å². The Kier molecular flexibility index (Phi) is 3.52. The molecule has 0 saturated heterocycles. The lowest BCUT2D eigenvalue weighted by atomic mass is 10.1. The van der Waals surface area contributed by atoms with Gasteiger partial charge in [0.15, 0.2) is 0 Å². The molecule has 0 aliphatic heterocycles. The third-order valence-corrected chi connectivity index (χ3v) is 4.86. The summed E-state index contributed by atoms with van der Waals surface area (Å²) in [5, 5.41) is 1.89. The summed E-state index contributed by atoms with van der Waals surface area (Å²) in [5.74, 6) is 0.715. The first-order valence-electron chi connectivity index (χ1n) is 8.91. The van der Waals surface area contributed by atoms with Gasteiger partial charge >= 0.3 is 11.1 Å². The van der Waals surface area contributed by atoms with Crippen molar-refractivity contribution in [3.05, 3.63) is 93.3 Å². The van der Waals surface area contributed by atoms with E-state index in [0.717, 1.165) is 22.0 Å². The van der Waals surface area contributed by atoms with Crippen LogP contribution in [-0.2, 0) is 0 Å². The van der Waals surface area contributed by atoms with Crippen LogP contribution in [0.25, 0.3) is 38.9 Å². The first-order chi connectivity index (χ1) is 13.6. The van der Waals surface area contributed by atoms with Gasteiger partial charge < -0.3 is 9.97 Å². The summed E-state index contributed by atoms with van der Waals surface area (Å²) < 4.78 is 1.46. The predicted octanol–water partition coefficient (Wildman–Crippen LogP) is 3.53. The van der Waals surface area contributed by atoms with Gasteiger partial charge in [-0.1, -0.05) is 42.5 Å². The second-order valence-corrected chi connectivity index (χ2v) is 6.74. The SMILES string of the molecule is Cc1cnc(-c2cccc(-n3c(=O)c(=O)[nH]c4c5ccccc5ccc43)c2)[nH]1. The first kappa shape index (κ1) is 16.3. The Morgan fingerprint density at radius 3 is 2.61 bits per heavy atom. The van der Waals surface area contributed by atoms with Gasteiger partial charge in [0.2, 0.25) is 0 Å². The molecule has 2 heterocycles. The third-order valence-electron chi connectivity index (χ3n) is 4.86. The van der Waals surface area contributed by atoms with Gasteiger partial charge in [-0.3, -0.25) is 14.2 Å². The number of aryl methyl sites for hydroxylation is 1. The minimum absolute atomic E-state index is 0.614. The lowest BCUT2D eigenvalue weighted by Crippen LogP contribution is -2.35. The van der Waals surface area contributed by atoms with Gasteiger partial charge in [0.05, 0.1) is 16.7 Å². The fraction of sp³-hybridized carbons (Fsp3) is 0.0455. The summed E-state index contributed by atoms with van der Waals surface area (Å²) in [5.41, 5.74) is 2.43. The van der Waals surface area contributed by atoms with E-state index in [9.17, 15) is 9.59 Å². The lowest BCUT2D eigenvalue weighted by Gasteiger charge is -2.12. The molecule has 3 aromatic carbocycles. The molecule has 6 nitrogen and oxygen atoms in total. The minimum Gasteiger partial charge on any atom is -0.342 e. The highest BCUT2D eigenvalue weighted by atomic mass is 16.2. The van der Waals surface area contributed by atoms with Crippen LogP contribution in [0, 0.1) is 6.92 Å². The first-order valence-corrected chi connectivity index (χ1v) is 8.91. The Hall–Kier alpha value is -3.93. The molecule has 0 bridgehead atoms. The third kappa shape index (κ3) is 2.46. The zero-order chi connectivity index (χ0) is 19.3. The van der Waals surface area contributed by atoms with Crippen molar-refractivity contribution < 1.29 is 0 Å². The van der Waals surface area contributed by atoms with E-state index in [1.807, 2.05) is 67.6 Å². The lowest BCUT2D eigenvalue weighted by molar-refractivity contribution is 0.988. The van der Waals surface area contributed by atoms with E-state index in [0.29, 0.717) is 22.5 Å². The van der Waals surface area contributed by atoms with Crippen LogP contribution in [-0.4, -0.2) is 19.5 Å². The fourth-order valence-electron chi connectivity index (χ4n) is 3.56. The second-order valence-electron chi connectivity index (χ2n) is 6.74. The molecule has 5 aromatic rings. The molecule has 2 aromatic heterocycles. The summed E-state index contributed by atoms with van der Waals surface area (Å²) in [6.45, 7) is 1.93. The predicted molar refractivity (Wildman–Crippen MR) is 110 cm³/mol. The number of rotatable bonds is 2. The molecule has 0 atom stereocenters. The molecule has 0 unspecified atom stereocenters. The Morgan fingerprint density at radius 2 is 1.79 bits per heavy atom. The largest absolute Gasteiger partial charge is 0.342 e. The van der Waals surface area contributed by atoms with Gasteiger partial charge in [0.1, 0.15) is 5.82 Å². The van der Waals surface area contributed by atoms with Crippen LogP contribution in [0.5, 0.6) is 0 Å². The van der Waals surface area contributed by atoms with E-state index < -0.39 is 11.1 Å². The Morgan fingerprint density at radius 1 is 0.929 bits per heavy atom. The van der Waals surface area contributed by atoms with Crippen LogP contribution < -0.4 is 11.1 Å². The number of nitrogens with zero attached hydrogens (tertiary/aromatic N) is 2. The molecular weight excluding hydrogens is 352 g/mol. The van der Waals surface area contributed by atoms with Crippen molar-refractivity contribution in [2.45, 2.75) is 6.92 Å². The molecule has 28 heavy (non-hydrogen) atoms. The number of imidazole rings is 1. The molecule has 136 valence electrons. The summed E-state index contributed by atoms with van der Waals surface area (Å²) in [4.78, 5) is 35.5. The van der Waals surface area contributed by atoms with Crippen molar-refractivity contribution in [3.8, 4) is 17.1 Å². The van der Waals surface area contributed by atoms with Crippen molar-refractivity contribution in [3.63, 3.8) is 0 Å². The maximum absolute atomic E-state index is 12.8. The zero-order valence-electron chi connectivity index (χ0n) is 15.1. The number of hydrogen-bond acceptors (Lipinski definition) is 3. The van der Waals surface area contributed by atoms with Gasteiger partial charge in [-0.2, -0.15) is 0 Å². The van der Waals surface area contributed by atoms with E-state index in [2.05, 4.69) is 15.0 Å². The number of benzene rings is 3. The number of aromatic amines is 2. The van der Waals surface area contributed by atoms with Crippen LogP contribution >= 0.6 is 0 Å². The molecular formula is C22H16N4O2. The number of fused-ring (bicyclic) bond motifs is 3. The molecule has 0 aliphatic carbocycles. The monoisotopic (exact) mass is 368 g/mol. The molecule has 2 N–H and O–H groups in total. The molecule has 0 radical (unpaired) electrons. The Balaban J connectivity index is 1.84. The topological polar surface area (TPSA) is 83.5 Å². The van der Waals surface area contributed by atoms with Crippen LogP contribution in [0.1, 0.15) is 5.69 Å². The Bertz CT molecular complexity index is 1470. The van der Waals surface area contributed by atoms with Crippen LogP contribution in [0.4, 0.5) is 0 Å². The van der Waals surface area contributed by atoms with Crippen LogP contribution in [0.3, 0.4) is 0 Å². The minimum atomic E-state index is -0.650. The smallest absolute Gasteiger partial charge is 0.321 e. The number of H-pyrrole nitrogens is 2. The Labute approximate surface area is 159 Å². The van der Waals surface area contributed by atoms with E-state index >= 15 is 0 Å². The van der Waals surface area contributed by atoms with Crippen molar-refractivity contribution >= 4 is 21.8 Å². The maximum Gasteiger partial charge on any atom is 0.321 e. The van der Waals surface area contributed by atoms with E-state index in [1.165, 1.54) is 4.57 Å². The number of aromatic nitrogens is 4. The highest BCUT2D eigenvalue weighted by Crippen LogP contribution is 2.25. The molecule has 6 heteroatoms. The van der Waals surface area contributed by atoms with Gasteiger partial charge in [-0.15, -0.1) is 0 Å². The number of nitrogens with one attached hydrogen (secondary N) is 2. The normalized spacial score (nSPS) is 11.3. The van der Waals surface area contributed by atoms with Crippen molar-refractivity contribution in [1.29, 1.82) is 0 Å². The standard InChI is InChI=1S/C22H16N4O2/c1-13-12-23-20(24-13)15-6-4-7-16(11-15)26-18-10-9-14-5-2-3-8-17(14)19(18)25-21(27)22(26)28/h2-12H,1H3,(H,23,24)(H,25,27). The molecule has 0 aliphatic rings. The van der Waals surface area contributed by atoms with Crippen LogP contribution in [0.15, 0.2) is 76.4 Å². The van der Waals surface area contributed by atoms with Crippen molar-refractivity contribution in [2.75, 3.05) is 0 Å². The quantitative estimate of drug-likeness (QED) is 0.369. The molecule has 0 saturated carbocycles. The van der Waals surface area contributed by atoms with Gasteiger partial charge in [0, 0.05) is 22.8 Å². The van der Waals surface area contributed by atoms with E-state index in [-0.39, 0.29) is 0 Å². The fourth-order valence-corrected chi connectivity index (χ4v) is 3.56. The van der Waals surface area contributed by atoms with E-state index in [1.54, 1.807) is 6.20 Å². The summed E-state index contributed by atoms with van der Waals surface area (Å²) in [6.07, 6.45) is 1.75. The highest BCUT2D eigenvalue weighted by molar-refractivity contribution is 6.04. The average Bonchev–Trinajstić information content (AvgIpc) is 3.15. The van der Waals surface area contributed by atoms with Crippen molar-refractivity contribution in [2.24, 2.45) is 0 Å².